The number of ether oxygens (including phenoxy) is 1. The highest BCUT2D eigenvalue weighted by Gasteiger charge is 2.28. The topological polar surface area (TPSA) is 87.7 Å². The van der Waals surface area contributed by atoms with Crippen molar-refractivity contribution in [3.63, 3.8) is 0 Å². The second-order valence-electron chi connectivity index (χ2n) is 5.56. The van der Waals surface area contributed by atoms with Crippen molar-refractivity contribution in [3.8, 4) is 5.75 Å². The number of carbonyl (C=O) groups excluding carboxylic acids is 3. The highest BCUT2D eigenvalue weighted by Crippen LogP contribution is 2.31. The van der Waals surface area contributed by atoms with E-state index in [9.17, 15) is 14.4 Å². The molecule has 1 aromatic carbocycles. The van der Waals surface area contributed by atoms with Gasteiger partial charge in [-0.05, 0) is 36.1 Å². The second kappa shape index (κ2) is 6.87. The zero-order valence-corrected chi connectivity index (χ0v) is 13.9. The number of nitrogens with one attached hydrogen (secondary N) is 2. The maximum Gasteiger partial charge on any atom is 0.343 e. The third-order valence-electron chi connectivity index (χ3n) is 3.32. The van der Waals surface area contributed by atoms with E-state index >= 15 is 0 Å². The van der Waals surface area contributed by atoms with Crippen molar-refractivity contribution >= 4 is 29.4 Å². The van der Waals surface area contributed by atoms with E-state index in [1.54, 1.807) is 6.07 Å². The smallest absolute Gasteiger partial charge is 0.343 e. The summed E-state index contributed by atoms with van der Waals surface area (Å²) in [5.74, 6) is -0.254. The molecule has 0 aromatic heterocycles. The van der Waals surface area contributed by atoms with Crippen molar-refractivity contribution in [1.29, 1.82) is 0 Å². The van der Waals surface area contributed by atoms with Gasteiger partial charge in [0.2, 0.25) is 5.91 Å². The van der Waals surface area contributed by atoms with Crippen LogP contribution in [0, 0.1) is 6.92 Å². The van der Waals surface area contributed by atoms with Gasteiger partial charge >= 0.3 is 6.03 Å². The summed E-state index contributed by atoms with van der Waals surface area (Å²) >= 11 is 6.12. The molecule has 1 aliphatic rings. The SMILES string of the molecule is Cc1cc(OCC(=O)NN2CC(=O)NC2=O)c(C(C)C)cc1Cl. The summed E-state index contributed by atoms with van der Waals surface area (Å²) in [4.78, 5) is 34.3. The first-order valence-corrected chi connectivity index (χ1v) is 7.49. The monoisotopic (exact) mass is 339 g/mol. The van der Waals surface area contributed by atoms with Gasteiger partial charge in [-0.25, -0.2) is 9.80 Å². The standard InChI is InChI=1S/C15H18ClN3O4/c1-8(2)10-5-11(16)9(3)4-12(10)23-7-14(21)18-19-6-13(20)17-15(19)22/h4-5,8H,6-7H2,1-3H3,(H,18,21)(H,17,20,22). The summed E-state index contributed by atoms with van der Waals surface area (Å²) in [6.45, 7) is 5.35. The van der Waals surface area contributed by atoms with E-state index in [1.165, 1.54) is 0 Å². The largest absolute Gasteiger partial charge is 0.483 e. The molecule has 0 radical (unpaired) electrons. The van der Waals surface area contributed by atoms with Crippen molar-refractivity contribution in [2.24, 2.45) is 0 Å². The number of halogens is 1. The maximum absolute atomic E-state index is 11.9. The number of imide groups is 1. The Morgan fingerprint density at radius 1 is 1.43 bits per heavy atom. The number of urea groups is 1. The zero-order valence-electron chi connectivity index (χ0n) is 13.1. The van der Waals surface area contributed by atoms with Crippen LogP contribution >= 0.6 is 11.6 Å². The molecule has 1 aromatic rings. The van der Waals surface area contributed by atoms with Gasteiger partial charge in [-0.1, -0.05) is 25.4 Å². The van der Waals surface area contributed by atoms with Gasteiger partial charge in [0.15, 0.2) is 6.61 Å². The van der Waals surface area contributed by atoms with Gasteiger partial charge in [0, 0.05) is 5.02 Å². The summed E-state index contributed by atoms with van der Waals surface area (Å²) in [5, 5.41) is 3.61. The summed E-state index contributed by atoms with van der Waals surface area (Å²) in [7, 11) is 0. The first-order valence-electron chi connectivity index (χ1n) is 7.11. The molecule has 23 heavy (non-hydrogen) atoms. The van der Waals surface area contributed by atoms with Crippen LogP contribution < -0.4 is 15.5 Å². The molecule has 0 unspecified atom stereocenters. The van der Waals surface area contributed by atoms with E-state index in [1.807, 2.05) is 26.8 Å². The second-order valence-corrected chi connectivity index (χ2v) is 5.96. The molecule has 2 N–H and O–H groups in total. The minimum Gasteiger partial charge on any atom is -0.483 e. The number of hydrogen-bond donors (Lipinski definition) is 2. The van der Waals surface area contributed by atoms with Crippen LogP contribution in [-0.2, 0) is 9.59 Å². The summed E-state index contributed by atoms with van der Waals surface area (Å²) in [6, 6.07) is 2.94. The van der Waals surface area contributed by atoms with Crippen LogP contribution in [0.3, 0.4) is 0 Å². The Morgan fingerprint density at radius 2 is 2.13 bits per heavy atom. The molecule has 7 nitrogen and oxygen atoms in total. The van der Waals surface area contributed by atoms with E-state index in [0.29, 0.717) is 10.8 Å². The lowest BCUT2D eigenvalue weighted by atomic mass is 10.0. The van der Waals surface area contributed by atoms with Gasteiger partial charge in [-0.2, -0.15) is 0 Å². The Balaban J connectivity index is 2.00. The molecule has 0 bridgehead atoms. The van der Waals surface area contributed by atoms with Crippen molar-refractivity contribution in [2.45, 2.75) is 26.7 Å². The van der Waals surface area contributed by atoms with Crippen LogP contribution in [0.4, 0.5) is 4.79 Å². The van der Waals surface area contributed by atoms with E-state index in [-0.39, 0.29) is 19.1 Å². The minimum atomic E-state index is -0.659. The fourth-order valence-corrected chi connectivity index (χ4v) is 2.28. The van der Waals surface area contributed by atoms with E-state index in [0.717, 1.165) is 16.1 Å². The Hall–Kier alpha value is -2.28. The molecule has 2 rings (SSSR count). The molecule has 0 atom stereocenters. The van der Waals surface area contributed by atoms with Gasteiger partial charge < -0.3 is 4.74 Å². The number of amides is 4. The highest BCUT2D eigenvalue weighted by molar-refractivity contribution is 6.31. The fraction of sp³-hybridized carbons (Fsp3) is 0.400. The molecule has 1 heterocycles. The van der Waals surface area contributed by atoms with Crippen LogP contribution in [0.2, 0.25) is 5.02 Å². The molecule has 0 aliphatic carbocycles. The quantitative estimate of drug-likeness (QED) is 0.800. The predicted molar refractivity (Wildman–Crippen MR) is 84.2 cm³/mol. The molecule has 0 saturated carbocycles. The lowest BCUT2D eigenvalue weighted by Crippen LogP contribution is -2.46. The summed E-state index contributed by atoms with van der Waals surface area (Å²) in [5.41, 5.74) is 4.05. The summed E-state index contributed by atoms with van der Waals surface area (Å²) in [6.07, 6.45) is 0. The van der Waals surface area contributed by atoms with Crippen molar-refractivity contribution < 1.29 is 19.1 Å². The van der Waals surface area contributed by atoms with E-state index in [4.69, 9.17) is 16.3 Å². The average Bonchev–Trinajstić information content (AvgIpc) is 2.77. The van der Waals surface area contributed by atoms with Crippen LogP contribution in [-0.4, -0.2) is 36.0 Å². The van der Waals surface area contributed by atoms with Crippen LogP contribution in [0.1, 0.15) is 30.9 Å². The number of nitrogens with zero attached hydrogens (tertiary/aromatic N) is 1. The molecular formula is C15H18ClN3O4. The fourth-order valence-electron chi connectivity index (χ4n) is 2.10. The van der Waals surface area contributed by atoms with Gasteiger partial charge in [-0.3, -0.25) is 20.3 Å². The zero-order chi connectivity index (χ0) is 17.1. The van der Waals surface area contributed by atoms with Crippen molar-refractivity contribution in [1.82, 2.24) is 15.8 Å². The Morgan fingerprint density at radius 3 is 2.70 bits per heavy atom. The molecule has 4 amide bonds. The maximum atomic E-state index is 11.9. The number of benzene rings is 1. The van der Waals surface area contributed by atoms with Crippen LogP contribution in [0.5, 0.6) is 5.75 Å². The highest BCUT2D eigenvalue weighted by atomic mass is 35.5. The Bertz CT molecular complexity index is 660. The van der Waals surface area contributed by atoms with Gasteiger partial charge in [0.25, 0.3) is 5.91 Å². The van der Waals surface area contributed by atoms with Crippen LogP contribution in [0.15, 0.2) is 12.1 Å². The molecule has 8 heteroatoms. The van der Waals surface area contributed by atoms with Crippen molar-refractivity contribution in [3.05, 3.63) is 28.3 Å². The molecule has 0 spiro atoms. The van der Waals surface area contributed by atoms with Crippen molar-refractivity contribution in [2.75, 3.05) is 13.2 Å². The Kier molecular flexibility index (Phi) is 5.10. The van der Waals surface area contributed by atoms with Crippen LogP contribution in [0.25, 0.3) is 0 Å². The Labute approximate surface area is 138 Å². The number of hydrazine groups is 1. The third kappa shape index (κ3) is 4.13. The van der Waals surface area contributed by atoms with Gasteiger partial charge in [0.05, 0.1) is 0 Å². The number of carbonyl (C=O) groups is 3. The predicted octanol–water partition coefficient (Wildman–Crippen LogP) is 1.73. The lowest BCUT2D eigenvalue weighted by Gasteiger charge is -2.17. The van der Waals surface area contributed by atoms with Gasteiger partial charge in [-0.15, -0.1) is 0 Å². The minimum absolute atomic E-state index is 0.174. The first-order chi connectivity index (χ1) is 10.8. The number of rotatable bonds is 5. The molecular weight excluding hydrogens is 322 g/mol. The first kappa shape index (κ1) is 17.1. The van der Waals surface area contributed by atoms with E-state index < -0.39 is 17.8 Å². The van der Waals surface area contributed by atoms with Gasteiger partial charge in [0.1, 0.15) is 12.3 Å². The molecule has 1 saturated heterocycles. The third-order valence-corrected chi connectivity index (χ3v) is 3.73. The molecule has 1 aliphatic heterocycles. The van der Waals surface area contributed by atoms with E-state index in [2.05, 4.69) is 10.7 Å². The summed E-state index contributed by atoms with van der Waals surface area (Å²) < 4.78 is 5.55. The number of aryl methyl sites for hydroxylation is 1. The molecule has 124 valence electrons. The average molecular weight is 340 g/mol. The normalized spacial score (nSPS) is 14.2. The lowest BCUT2D eigenvalue weighted by molar-refractivity contribution is -0.127. The number of hydrogen-bond acceptors (Lipinski definition) is 4. The molecule has 1 fully saturated rings.